The maximum Gasteiger partial charge on any atom is 0.163 e. The fraction of sp³-hybridized carbons (Fsp3) is 0.286. The molecule has 1 saturated heterocycles. The number of aromatic nitrogens is 2. The van der Waals surface area contributed by atoms with Gasteiger partial charge in [-0.3, -0.25) is 4.90 Å². The quantitative estimate of drug-likeness (QED) is 0.617. The van der Waals surface area contributed by atoms with Crippen LogP contribution in [0.4, 0.5) is 5.82 Å². The maximum atomic E-state index is 10.8. The van der Waals surface area contributed by atoms with Gasteiger partial charge in [0.15, 0.2) is 5.82 Å². The number of piperazine rings is 1. The highest BCUT2D eigenvalue weighted by atomic mass is 35.5. The number of aldehydes is 1. The molecule has 1 aliphatic heterocycles. The second-order valence-corrected chi connectivity index (χ2v) is 7.07. The number of carbonyl (C=O) groups is 1. The molecule has 0 radical (unpaired) electrons. The van der Waals surface area contributed by atoms with E-state index in [4.69, 9.17) is 26.3 Å². The monoisotopic (exact) mass is 396 g/mol. The predicted molar refractivity (Wildman–Crippen MR) is 111 cm³/mol. The Hall–Kier alpha value is -2.70. The first kappa shape index (κ1) is 18.7. The van der Waals surface area contributed by atoms with Crippen LogP contribution in [0.2, 0.25) is 5.02 Å². The van der Waals surface area contributed by atoms with Crippen LogP contribution in [0.3, 0.4) is 0 Å². The van der Waals surface area contributed by atoms with Crippen LogP contribution in [0.1, 0.15) is 0 Å². The number of anilines is 1. The third-order valence-electron chi connectivity index (χ3n) is 5.01. The minimum absolute atomic E-state index is 0.465. The summed E-state index contributed by atoms with van der Waals surface area (Å²) < 4.78 is 5.60. The predicted octanol–water partition coefficient (Wildman–Crippen LogP) is 3.28. The van der Waals surface area contributed by atoms with Crippen molar-refractivity contribution in [1.82, 2.24) is 14.9 Å². The molecule has 0 saturated carbocycles. The third kappa shape index (κ3) is 3.53. The lowest BCUT2D eigenvalue weighted by Gasteiger charge is -2.35. The molecule has 2 aromatic carbocycles. The van der Waals surface area contributed by atoms with Crippen molar-refractivity contribution >= 4 is 34.6 Å². The highest BCUT2D eigenvalue weighted by Gasteiger charge is 2.23. The van der Waals surface area contributed by atoms with E-state index in [0.717, 1.165) is 60.5 Å². The van der Waals surface area contributed by atoms with Gasteiger partial charge in [0.2, 0.25) is 0 Å². The summed E-state index contributed by atoms with van der Waals surface area (Å²) in [6.07, 6.45) is 0.953. The molecule has 0 unspecified atom stereocenters. The Labute approximate surface area is 168 Å². The van der Waals surface area contributed by atoms with E-state index in [9.17, 15) is 4.79 Å². The molecular weight excluding hydrogens is 376 g/mol. The molecule has 7 heteroatoms. The Bertz CT molecular complexity index is 1000. The van der Waals surface area contributed by atoms with Crippen molar-refractivity contribution < 1.29 is 9.53 Å². The molecule has 1 aliphatic rings. The van der Waals surface area contributed by atoms with Crippen LogP contribution < -0.4 is 9.64 Å². The van der Waals surface area contributed by atoms with Gasteiger partial charge in [-0.25, -0.2) is 9.97 Å². The number of rotatable bonds is 5. The summed E-state index contributed by atoms with van der Waals surface area (Å²) in [4.78, 5) is 24.8. The zero-order valence-electron chi connectivity index (χ0n) is 15.6. The third-order valence-corrected chi connectivity index (χ3v) is 5.33. The number of carbonyl (C=O) groups excluding carboxylic acids is 1. The zero-order valence-corrected chi connectivity index (χ0v) is 16.4. The average molecular weight is 397 g/mol. The first-order valence-electron chi connectivity index (χ1n) is 9.22. The average Bonchev–Trinajstić information content (AvgIpc) is 2.73. The highest BCUT2D eigenvalue weighted by Crippen LogP contribution is 2.36. The molecule has 2 heterocycles. The molecule has 3 aromatic rings. The summed E-state index contributed by atoms with van der Waals surface area (Å²) in [5.74, 6) is 2.17. The number of ether oxygens (including phenoxy) is 1. The van der Waals surface area contributed by atoms with E-state index < -0.39 is 0 Å². The molecule has 0 N–H and O–H groups in total. The number of halogens is 1. The number of hydrogen-bond acceptors (Lipinski definition) is 6. The summed E-state index contributed by atoms with van der Waals surface area (Å²) in [5.41, 5.74) is 1.62. The normalized spacial score (nSPS) is 15.0. The fourth-order valence-corrected chi connectivity index (χ4v) is 3.76. The zero-order chi connectivity index (χ0) is 19.5. The van der Waals surface area contributed by atoms with Gasteiger partial charge in [-0.15, -0.1) is 0 Å². The summed E-state index contributed by atoms with van der Waals surface area (Å²) >= 11 is 6.40. The maximum absolute atomic E-state index is 10.8. The van der Waals surface area contributed by atoms with Gasteiger partial charge in [0.05, 0.1) is 29.6 Å². The van der Waals surface area contributed by atoms with Crippen molar-refractivity contribution in [3.05, 3.63) is 47.5 Å². The first-order chi connectivity index (χ1) is 13.7. The van der Waals surface area contributed by atoms with E-state index in [1.807, 2.05) is 42.5 Å². The van der Waals surface area contributed by atoms with Gasteiger partial charge < -0.3 is 14.4 Å². The summed E-state index contributed by atoms with van der Waals surface area (Å²) in [5, 5.41) is 1.51. The molecule has 0 amide bonds. The first-order valence-corrected chi connectivity index (χ1v) is 9.59. The smallest absolute Gasteiger partial charge is 0.163 e. The Morgan fingerprint density at radius 1 is 1.07 bits per heavy atom. The Morgan fingerprint density at radius 2 is 1.86 bits per heavy atom. The van der Waals surface area contributed by atoms with E-state index in [-0.39, 0.29) is 0 Å². The van der Waals surface area contributed by atoms with Crippen molar-refractivity contribution in [2.45, 2.75) is 0 Å². The van der Waals surface area contributed by atoms with Crippen LogP contribution in [-0.2, 0) is 4.79 Å². The lowest BCUT2D eigenvalue weighted by Crippen LogP contribution is -2.47. The summed E-state index contributed by atoms with van der Waals surface area (Å²) in [6.45, 7) is 3.63. The van der Waals surface area contributed by atoms with E-state index in [1.54, 1.807) is 7.11 Å². The van der Waals surface area contributed by atoms with Gasteiger partial charge in [-0.1, -0.05) is 29.8 Å². The van der Waals surface area contributed by atoms with E-state index in [2.05, 4.69) is 9.80 Å². The molecule has 1 aromatic heterocycles. The van der Waals surface area contributed by atoms with E-state index in [1.165, 1.54) is 0 Å². The molecule has 0 spiro atoms. The Kier molecular flexibility index (Phi) is 5.41. The fourth-order valence-electron chi connectivity index (χ4n) is 3.54. The van der Waals surface area contributed by atoms with Crippen LogP contribution in [0.25, 0.3) is 22.3 Å². The van der Waals surface area contributed by atoms with Gasteiger partial charge in [0.25, 0.3) is 0 Å². The molecule has 0 aliphatic carbocycles. The van der Waals surface area contributed by atoms with E-state index >= 15 is 0 Å². The lowest BCUT2D eigenvalue weighted by molar-refractivity contribution is -0.108. The summed E-state index contributed by atoms with van der Waals surface area (Å²) in [6, 6.07) is 13.4. The van der Waals surface area contributed by atoms with Crippen LogP contribution in [0, 0.1) is 0 Å². The Balaban J connectivity index is 1.83. The molecule has 28 heavy (non-hydrogen) atoms. The van der Waals surface area contributed by atoms with Crippen molar-refractivity contribution in [1.29, 1.82) is 0 Å². The second-order valence-electron chi connectivity index (χ2n) is 6.66. The number of benzene rings is 2. The van der Waals surface area contributed by atoms with Gasteiger partial charge in [-0.2, -0.15) is 0 Å². The van der Waals surface area contributed by atoms with Crippen molar-refractivity contribution in [3.63, 3.8) is 0 Å². The molecule has 4 rings (SSSR count). The van der Waals surface area contributed by atoms with Crippen molar-refractivity contribution in [3.8, 4) is 17.1 Å². The van der Waals surface area contributed by atoms with E-state index in [0.29, 0.717) is 17.4 Å². The van der Waals surface area contributed by atoms with Crippen molar-refractivity contribution in [2.24, 2.45) is 0 Å². The second kappa shape index (κ2) is 8.12. The lowest BCUT2D eigenvalue weighted by atomic mass is 10.1. The van der Waals surface area contributed by atoms with Gasteiger partial charge >= 0.3 is 0 Å². The minimum atomic E-state index is 0.465. The molecule has 0 bridgehead atoms. The number of nitrogens with zero attached hydrogens (tertiary/aromatic N) is 4. The number of hydrogen-bond donors (Lipinski definition) is 0. The highest BCUT2D eigenvalue weighted by molar-refractivity contribution is 6.33. The molecule has 6 nitrogen and oxygen atoms in total. The van der Waals surface area contributed by atoms with Crippen molar-refractivity contribution in [2.75, 3.05) is 44.7 Å². The molecule has 0 atom stereocenters. The number of fused-ring (bicyclic) bond motifs is 1. The summed E-state index contributed by atoms with van der Waals surface area (Å²) in [7, 11) is 1.66. The molecule has 144 valence electrons. The largest absolute Gasteiger partial charge is 0.496 e. The van der Waals surface area contributed by atoms with Gasteiger partial charge in [0.1, 0.15) is 17.9 Å². The SMILES string of the molecule is COc1cccc2nc(-c3ccccc3Cl)nc(N3CCN(CC=O)CC3)c12. The standard InChI is InChI=1S/C21H21ClN4O2/c1-28-18-8-4-7-17-19(18)21(26-11-9-25(10-12-26)13-14-27)24-20(23-17)15-5-2-3-6-16(15)22/h2-8,14H,9-13H2,1H3. The van der Waals surface area contributed by atoms with Crippen LogP contribution in [0.5, 0.6) is 5.75 Å². The molecule has 1 fully saturated rings. The number of methoxy groups -OCH3 is 1. The molecular formula is C21H21ClN4O2. The van der Waals surface area contributed by atoms with Gasteiger partial charge in [-0.05, 0) is 24.3 Å². The van der Waals surface area contributed by atoms with Gasteiger partial charge in [0, 0.05) is 31.7 Å². The topological polar surface area (TPSA) is 58.6 Å². The van der Waals surface area contributed by atoms with Crippen LogP contribution in [0.15, 0.2) is 42.5 Å². The minimum Gasteiger partial charge on any atom is -0.496 e. The van der Waals surface area contributed by atoms with Crippen LogP contribution in [-0.4, -0.2) is 61.0 Å². The Morgan fingerprint density at radius 3 is 2.57 bits per heavy atom. The van der Waals surface area contributed by atoms with Crippen LogP contribution >= 0.6 is 11.6 Å².